The standard InChI is InChI=1S/C28H44N2O4.C23H37BrO3.C5H8N2O.3CH4/c1-5-34-20-15-29-30(16-20)17-25(31)24-9-8-22-21-7-6-19-14-26(2,32)12-13-28(19,18-33-4)23(21)10-11-27(22,24)3;1-21(26)10-11-23(14-27-3)15(12-21)4-5-16-17-6-7-19(20(25)13-24)22(17,2)9-8-18(16)23;1-2-8-5-3-6-7-4-5;;;/h15-16,19,21-24,32H,5-14,17-18H2,1-4H3;15-19,26H,4-14H2,1-3H3;3-4H,2H2,1H3,(H,6,7);3*1H4/t19-,21+,22+,23+,24-,26-,27+,28-;15-,16+,17+,18+,19-,21-,22+,23-;;;;/m11..../s1. The summed E-state index contributed by atoms with van der Waals surface area (Å²) in [5.74, 6) is 7.93. The molecule has 0 amide bonds. The van der Waals surface area contributed by atoms with Crippen LogP contribution in [0.2, 0.25) is 0 Å². The smallest absolute Gasteiger partial charge is 0.157 e. The summed E-state index contributed by atoms with van der Waals surface area (Å²) in [7, 11) is 3.71. The van der Waals surface area contributed by atoms with Crippen molar-refractivity contribution in [2.24, 2.45) is 80.8 Å². The average molecular weight is 1070 g/mol. The van der Waals surface area contributed by atoms with Gasteiger partial charge in [0.1, 0.15) is 5.78 Å². The van der Waals surface area contributed by atoms with E-state index < -0.39 is 11.2 Å². The number of nitrogens with zero attached hydrogens (tertiary/aromatic N) is 3. The minimum Gasteiger partial charge on any atom is -0.491 e. The van der Waals surface area contributed by atoms with Gasteiger partial charge in [-0.05, 0) is 212 Å². The van der Waals surface area contributed by atoms with Crippen LogP contribution in [0.25, 0.3) is 0 Å². The second-order valence-corrected chi connectivity index (χ2v) is 25.2. The summed E-state index contributed by atoms with van der Waals surface area (Å²) < 4.78 is 24.0. The fraction of sp³-hybridized carbons (Fsp3) is 0.864. The van der Waals surface area contributed by atoms with Crippen LogP contribution in [-0.2, 0) is 25.6 Å². The van der Waals surface area contributed by atoms with E-state index in [1.807, 2.05) is 48.1 Å². The van der Waals surface area contributed by atoms with Crippen molar-refractivity contribution >= 4 is 27.5 Å². The first-order valence-electron chi connectivity index (χ1n) is 27.2. The zero-order valence-corrected chi connectivity index (χ0v) is 45.2. The Morgan fingerprint density at radius 2 is 1.14 bits per heavy atom. The van der Waals surface area contributed by atoms with Gasteiger partial charge in [-0.15, -0.1) is 0 Å². The Bertz CT molecular complexity index is 2030. The topological polar surface area (TPSA) is 158 Å². The summed E-state index contributed by atoms with van der Waals surface area (Å²) in [5, 5.41) is 32.8. The van der Waals surface area contributed by atoms with Crippen molar-refractivity contribution in [3.8, 4) is 11.5 Å². The highest BCUT2D eigenvalue weighted by Gasteiger charge is 2.65. The number of carbonyl (C=O) groups is 2. The van der Waals surface area contributed by atoms with E-state index >= 15 is 0 Å². The lowest BCUT2D eigenvalue weighted by Crippen LogP contribution is -2.58. The molecule has 412 valence electrons. The van der Waals surface area contributed by atoms with Gasteiger partial charge in [-0.1, -0.05) is 52.1 Å². The normalized spacial score (nSPS) is 41.1. The summed E-state index contributed by atoms with van der Waals surface area (Å²) in [6.45, 7) is 16.1. The number of carbonyl (C=O) groups excluding carboxylic acids is 2. The average Bonchev–Trinajstić information content (AvgIpc) is 4.14. The third-order valence-corrected chi connectivity index (χ3v) is 21.6. The van der Waals surface area contributed by atoms with Crippen LogP contribution in [0.3, 0.4) is 0 Å². The first-order chi connectivity index (χ1) is 32.9. The Morgan fingerprint density at radius 3 is 1.58 bits per heavy atom. The maximum atomic E-state index is 13.5. The highest BCUT2D eigenvalue weighted by atomic mass is 79.9. The number of rotatable bonds is 13. The number of hydrogen-bond acceptors (Lipinski definition) is 10. The van der Waals surface area contributed by atoms with Crippen LogP contribution in [0.4, 0.5) is 0 Å². The number of ether oxygens (including phenoxy) is 4. The van der Waals surface area contributed by atoms with Gasteiger partial charge in [-0.2, -0.15) is 10.2 Å². The van der Waals surface area contributed by atoms with Gasteiger partial charge in [0.25, 0.3) is 0 Å². The fourth-order valence-corrected chi connectivity index (χ4v) is 18.5. The fourth-order valence-electron chi connectivity index (χ4n) is 18.1. The number of aliphatic hydroxyl groups is 2. The molecule has 13 heteroatoms. The van der Waals surface area contributed by atoms with Gasteiger partial charge >= 0.3 is 0 Å². The molecule has 0 spiro atoms. The minimum absolute atomic E-state index is 0. The van der Waals surface area contributed by atoms with E-state index in [1.165, 1.54) is 57.8 Å². The summed E-state index contributed by atoms with van der Waals surface area (Å²) >= 11 is 3.43. The molecule has 2 aromatic rings. The molecule has 0 unspecified atom stereocenters. The van der Waals surface area contributed by atoms with Gasteiger partial charge in [-0.25, -0.2) is 0 Å². The molecule has 16 atom stereocenters. The van der Waals surface area contributed by atoms with Crippen molar-refractivity contribution in [3.05, 3.63) is 24.8 Å². The number of fused-ring (bicyclic) bond motifs is 10. The zero-order valence-electron chi connectivity index (χ0n) is 43.6. The van der Waals surface area contributed by atoms with E-state index in [4.69, 9.17) is 18.9 Å². The number of aromatic nitrogens is 4. The molecule has 8 aliphatic rings. The van der Waals surface area contributed by atoms with Crippen molar-refractivity contribution < 1.29 is 38.7 Å². The first kappa shape index (κ1) is 60.5. The Kier molecular flexibility index (Phi) is 20.5. The van der Waals surface area contributed by atoms with Crippen LogP contribution in [0.1, 0.15) is 179 Å². The predicted octanol–water partition coefficient (Wildman–Crippen LogP) is 12.6. The van der Waals surface area contributed by atoms with E-state index in [0.717, 1.165) is 88.4 Å². The third-order valence-electron chi connectivity index (χ3n) is 21.1. The zero-order chi connectivity index (χ0) is 49.4. The summed E-state index contributed by atoms with van der Waals surface area (Å²) in [6, 6.07) is 0. The quantitative estimate of drug-likeness (QED) is 0.165. The molecule has 0 aromatic carbocycles. The lowest BCUT2D eigenvalue weighted by atomic mass is 9.43. The summed E-state index contributed by atoms with van der Waals surface area (Å²) in [5.41, 5.74) is -0.286. The second-order valence-electron chi connectivity index (χ2n) is 24.6. The molecule has 0 saturated heterocycles. The Morgan fingerprint density at radius 1 is 0.653 bits per heavy atom. The van der Waals surface area contributed by atoms with Crippen LogP contribution in [0, 0.1) is 80.8 Å². The van der Waals surface area contributed by atoms with E-state index in [0.29, 0.717) is 78.1 Å². The molecule has 10 rings (SSSR count). The Balaban J connectivity index is 0.000000227. The summed E-state index contributed by atoms with van der Waals surface area (Å²) in [4.78, 5) is 26.1. The predicted molar refractivity (Wildman–Crippen MR) is 291 cm³/mol. The molecule has 0 bridgehead atoms. The molecular formula is C59H101BrN4O8. The molecule has 12 nitrogen and oxygen atoms in total. The number of methoxy groups -OCH3 is 2. The van der Waals surface area contributed by atoms with Crippen molar-refractivity contribution in [1.82, 2.24) is 20.0 Å². The van der Waals surface area contributed by atoms with E-state index in [2.05, 4.69) is 45.1 Å². The highest BCUT2D eigenvalue weighted by Crippen LogP contribution is 2.70. The van der Waals surface area contributed by atoms with Gasteiger partial charge in [-0.3, -0.25) is 19.4 Å². The molecule has 3 N–H and O–H groups in total. The number of alkyl halides is 1. The van der Waals surface area contributed by atoms with Crippen LogP contribution in [-0.4, -0.2) is 98.9 Å². The van der Waals surface area contributed by atoms with Crippen molar-refractivity contribution in [2.75, 3.05) is 46.0 Å². The number of nitrogens with one attached hydrogen (secondary N) is 1. The molecule has 0 radical (unpaired) electrons. The summed E-state index contributed by atoms with van der Waals surface area (Å²) in [6.07, 6.45) is 26.9. The van der Waals surface area contributed by atoms with Crippen LogP contribution in [0.5, 0.6) is 11.5 Å². The monoisotopic (exact) mass is 1070 g/mol. The third kappa shape index (κ3) is 11.5. The molecular weight excluding hydrogens is 973 g/mol. The first-order valence-corrected chi connectivity index (χ1v) is 28.4. The number of Topliss-reactive ketones (excluding diaryl/α,β-unsaturated/α-hetero) is 2. The minimum atomic E-state index is -0.530. The molecule has 2 aromatic heterocycles. The van der Waals surface area contributed by atoms with Crippen molar-refractivity contribution in [3.63, 3.8) is 0 Å². The molecule has 8 aliphatic carbocycles. The maximum Gasteiger partial charge on any atom is 0.157 e. The van der Waals surface area contributed by atoms with E-state index in [1.54, 1.807) is 23.3 Å². The second kappa shape index (κ2) is 24.3. The van der Waals surface area contributed by atoms with Gasteiger partial charge in [0, 0.05) is 26.1 Å². The molecule has 72 heavy (non-hydrogen) atoms. The molecule has 8 saturated carbocycles. The van der Waals surface area contributed by atoms with Crippen molar-refractivity contribution in [1.29, 1.82) is 0 Å². The number of hydrogen-bond donors (Lipinski definition) is 3. The van der Waals surface area contributed by atoms with Crippen LogP contribution in [0.15, 0.2) is 24.8 Å². The lowest BCUT2D eigenvalue weighted by Gasteiger charge is -2.62. The van der Waals surface area contributed by atoms with Crippen LogP contribution < -0.4 is 9.47 Å². The van der Waals surface area contributed by atoms with Gasteiger partial charge in [0.2, 0.25) is 0 Å². The number of ketones is 2. The van der Waals surface area contributed by atoms with Gasteiger partial charge in [0.05, 0.1) is 74.3 Å². The van der Waals surface area contributed by atoms with Gasteiger partial charge in [0.15, 0.2) is 17.3 Å². The molecule has 0 aliphatic heterocycles. The van der Waals surface area contributed by atoms with Gasteiger partial charge < -0.3 is 29.2 Å². The molecule has 8 fully saturated rings. The van der Waals surface area contributed by atoms with Crippen LogP contribution >= 0.6 is 15.9 Å². The van der Waals surface area contributed by atoms with E-state index in [9.17, 15) is 19.8 Å². The molecule has 2 heterocycles. The maximum absolute atomic E-state index is 13.5. The number of halogens is 1. The van der Waals surface area contributed by atoms with E-state index in [-0.39, 0.29) is 55.8 Å². The lowest BCUT2D eigenvalue weighted by molar-refractivity contribution is -0.175. The number of aromatic amines is 1. The SMILES string of the molecule is C.C.C.CCOc1cn[nH]c1.CCOc1cnn(CC(=O)[C@H]2CC[C@H]3[C@@H]4CC[C@@H]5C[C@](C)(O)CC[C@]5(COC)[C@H]4CC[C@]23C)c1.COC[C@]12CC[C@@](C)(O)C[C@H]1CC[C@H]1[C@@H]3CC[C@H](C(=O)CBr)[C@@]3(C)CC[C@@H]12. The highest BCUT2D eigenvalue weighted by molar-refractivity contribution is 9.09. The van der Waals surface area contributed by atoms with Crippen molar-refractivity contribution in [2.45, 2.75) is 197 Å². The Labute approximate surface area is 444 Å². The number of H-pyrrole nitrogens is 1. The Hall–Kier alpha value is -2.32. The largest absolute Gasteiger partial charge is 0.491 e.